The maximum Gasteiger partial charge on any atom is 0.243 e. The van der Waals surface area contributed by atoms with Crippen LogP contribution in [0.3, 0.4) is 0 Å². The first-order valence-corrected chi connectivity index (χ1v) is 9.08. The van der Waals surface area contributed by atoms with E-state index in [0.29, 0.717) is 0 Å². The van der Waals surface area contributed by atoms with Crippen LogP contribution in [0.25, 0.3) is 0 Å². The van der Waals surface area contributed by atoms with Gasteiger partial charge >= 0.3 is 0 Å². The van der Waals surface area contributed by atoms with Gasteiger partial charge in [-0.25, -0.2) is 16.8 Å². The number of sulfonamides is 1. The topological polar surface area (TPSA) is 112 Å². The van der Waals surface area contributed by atoms with Gasteiger partial charge in [0.1, 0.15) is 0 Å². The third-order valence-corrected chi connectivity index (χ3v) is 5.63. The van der Waals surface area contributed by atoms with Crippen molar-refractivity contribution in [3.63, 3.8) is 0 Å². The molecule has 0 radical (unpaired) electrons. The van der Waals surface area contributed by atoms with Gasteiger partial charge in [-0.3, -0.25) is 0 Å². The molecule has 2 N–H and O–H groups in total. The van der Waals surface area contributed by atoms with E-state index < -0.39 is 19.9 Å². The van der Waals surface area contributed by atoms with E-state index in [1.165, 1.54) is 24.3 Å². The molecule has 0 saturated carbocycles. The van der Waals surface area contributed by atoms with E-state index in [4.69, 9.17) is 10.2 Å². The molecule has 9 heteroatoms. The Labute approximate surface area is 118 Å². The van der Waals surface area contributed by atoms with E-state index >= 15 is 0 Å². The van der Waals surface area contributed by atoms with Crippen molar-refractivity contribution >= 4 is 19.9 Å². The molecule has 0 unspecified atom stereocenters. The van der Waals surface area contributed by atoms with Gasteiger partial charge in [0.2, 0.25) is 10.0 Å². The van der Waals surface area contributed by atoms with Crippen LogP contribution in [-0.4, -0.2) is 63.9 Å². The number of rotatable bonds is 7. The Morgan fingerprint density at radius 3 is 1.65 bits per heavy atom. The van der Waals surface area contributed by atoms with Gasteiger partial charge in [0.25, 0.3) is 0 Å². The molecular formula is C11H17NO6S2. The summed E-state index contributed by atoms with van der Waals surface area (Å²) in [6.07, 6.45) is 1.03. The molecule has 114 valence electrons. The predicted molar refractivity (Wildman–Crippen MR) is 72.5 cm³/mol. The molecule has 0 saturated heterocycles. The Hall–Kier alpha value is -1.00. The highest BCUT2D eigenvalue weighted by atomic mass is 32.2. The van der Waals surface area contributed by atoms with E-state index in [2.05, 4.69) is 0 Å². The number of hydrogen-bond donors (Lipinski definition) is 2. The van der Waals surface area contributed by atoms with Crippen LogP contribution in [0.1, 0.15) is 0 Å². The summed E-state index contributed by atoms with van der Waals surface area (Å²) in [5.74, 6) is 0. The van der Waals surface area contributed by atoms with Crippen molar-refractivity contribution in [3.8, 4) is 0 Å². The number of nitrogens with zero attached hydrogens (tertiary/aromatic N) is 1. The molecule has 1 rings (SSSR count). The molecule has 0 fully saturated rings. The number of aliphatic hydroxyl groups is 2. The monoisotopic (exact) mass is 323 g/mol. The fraction of sp³-hybridized carbons (Fsp3) is 0.455. The second-order valence-corrected chi connectivity index (χ2v) is 8.05. The average Bonchev–Trinajstić information content (AvgIpc) is 2.37. The Morgan fingerprint density at radius 2 is 1.30 bits per heavy atom. The highest BCUT2D eigenvalue weighted by molar-refractivity contribution is 7.90. The lowest BCUT2D eigenvalue weighted by molar-refractivity contribution is 0.217. The summed E-state index contributed by atoms with van der Waals surface area (Å²) < 4.78 is 48.0. The van der Waals surface area contributed by atoms with E-state index in [1.807, 2.05) is 0 Å². The molecule has 0 aliphatic rings. The Bertz CT molecular complexity index is 630. The first-order valence-electron chi connectivity index (χ1n) is 5.75. The summed E-state index contributed by atoms with van der Waals surface area (Å²) in [5, 5.41) is 17.7. The van der Waals surface area contributed by atoms with E-state index in [9.17, 15) is 16.8 Å². The number of hydrogen-bond acceptors (Lipinski definition) is 6. The first-order chi connectivity index (χ1) is 9.23. The molecule has 1 aromatic carbocycles. The van der Waals surface area contributed by atoms with Gasteiger partial charge in [0, 0.05) is 19.3 Å². The number of sulfone groups is 1. The van der Waals surface area contributed by atoms with Crippen LogP contribution in [0, 0.1) is 0 Å². The van der Waals surface area contributed by atoms with Crippen molar-refractivity contribution < 1.29 is 27.0 Å². The van der Waals surface area contributed by atoms with Crippen molar-refractivity contribution in [1.82, 2.24) is 4.31 Å². The van der Waals surface area contributed by atoms with Crippen molar-refractivity contribution in [1.29, 1.82) is 0 Å². The van der Waals surface area contributed by atoms with Crippen molar-refractivity contribution in [2.24, 2.45) is 0 Å². The minimum absolute atomic E-state index is 0.0207. The summed E-state index contributed by atoms with van der Waals surface area (Å²) in [6.45, 7) is -1.03. The third-order valence-electron chi connectivity index (χ3n) is 2.59. The molecule has 0 atom stereocenters. The zero-order valence-corrected chi connectivity index (χ0v) is 12.6. The molecule has 0 aromatic heterocycles. The van der Waals surface area contributed by atoms with Crippen LogP contribution in [0.4, 0.5) is 0 Å². The normalized spacial score (nSPS) is 12.8. The highest BCUT2D eigenvalue weighted by Crippen LogP contribution is 2.18. The molecule has 0 heterocycles. The van der Waals surface area contributed by atoms with Gasteiger partial charge in [0.15, 0.2) is 9.84 Å². The Balaban J connectivity index is 3.15. The first kappa shape index (κ1) is 17.1. The van der Waals surface area contributed by atoms with Crippen molar-refractivity contribution in [2.75, 3.05) is 32.6 Å². The molecule has 1 aromatic rings. The van der Waals surface area contributed by atoms with Crippen LogP contribution in [0.2, 0.25) is 0 Å². The van der Waals surface area contributed by atoms with Gasteiger partial charge in [-0.15, -0.1) is 0 Å². The summed E-state index contributed by atoms with van der Waals surface area (Å²) >= 11 is 0. The van der Waals surface area contributed by atoms with Crippen molar-refractivity contribution in [3.05, 3.63) is 24.3 Å². The Morgan fingerprint density at radius 1 is 0.900 bits per heavy atom. The number of aliphatic hydroxyl groups excluding tert-OH is 2. The SMILES string of the molecule is CS(=O)(=O)c1ccc(S(=O)(=O)N(CCO)CCO)cc1. The maximum absolute atomic E-state index is 12.2. The lowest BCUT2D eigenvalue weighted by atomic mass is 10.4. The van der Waals surface area contributed by atoms with Gasteiger partial charge in [-0.2, -0.15) is 4.31 Å². The van der Waals surface area contributed by atoms with E-state index in [-0.39, 0.29) is 36.1 Å². The molecule has 20 heavy (non-hydrogen) atoms. The fourth-order valence-electron chi connectivity index (χ4n) is 1.58. The molecule has 0 aliphatic carbocycles. The molecule has 7 nitrogen and oxygen atoms in total. The van der Waals surface area contributed by atoms with Gasteiger partial charge < -0.3 is 10.2 Å². The standard InChI is InChI=1S/C11H17NO6S2/c1-19(15,16)10-2-4-11(5-3-10)20(17,18)12(6-8-13)7-9-14/h2-5,13-14H,6-9H2,1H3. The fourth-order valence-corrected chi connectivity index (χ4v) is 3.64. The quantitative estimate of drug-likeness (QED) is 0.670. The molecule has 0 spiro atoms. The van der Waals surface area contributed by atoms with E-state index in [0.717, 1.165) is 10.6 Å². The van der Waals surface area contributed by atoms with Gasteiger partial charge in [-0.05, 0) is 24.3 Å². The number of benzene rings is 1. The van der Waals surface area contributed by atoms with E-state index in [1.54, 1.807) is 0 Å². The minimum Gasteiger partial charge on any atom is -0.395 e. The zero-order valence-electron chi connectivity index (χ0n) is 10.9. The van der Waals surface area contributed by atoms with Gasteiger partial charge in [0.05, 0.1) is 23.0 Å². The second kappa shape index (κ2) is 6.64. The molecule has 0 amide bonds. The summed E-state index contributed by atoms with van der Waals surface area (Å²) in [4.78, 5) is -0.0703. The lowest BCUT2D eigenvalue weighted by Gasteiger charge is -2.20. The molecule has 0 bridgehead atoms. The Kier molecular flexibility index (Phi) is 5.66. The van der Waals surface area contributed by atoms with Crippen LogP contribution < -0.4 is 0 Å². The van der Waals surface area contributed by atoms with Crippen LogP contribution in [-0.2, 0) is 19.9 Å². The second-order valence-electron chi connectivity index (χ2n) is 4.09. The predicted octanol–water partition coefficient (Wildman–Crippen LogP) is -0.935. The molecule has 0 aliphatic heterocycles. The lowest BCUT2D eigenvalue weighted by Crippen LogP contribution is -2.35. The highest BCUT2D eigenvalue weighted by Gasteiger charge is 2.23. The average molecular weight is 323 g/mol. The largest absolute Gasteiger partial charge is 0.395 e. The summed E-state index contributed by atoms with van der Waals surface area (Å²) in [5.41, 5.74) is 0. The smallest absolute Gasteiger partial charge is 0.243 e. The molecular weight excluding hydrogens is 306 g/mol. The third kappa shape index (κ3) is 4.00. The van der Waals surface area contributed by atoms with Gasteiger partial charge in [-0.1, -0.05) is 0 Å². The van der Waals surface area contributed by atoms with Crippen LogP contribution in [0.5, 0.6) is 0 Å². The summed E-state index contributed by atoms with van der Waals surface area (Å²) in [6, 6.07) is 4.79. The summed E-state index contributed by atoms with van der Waals surface area (Å²) in [7, 11) is -7.26. The zero-order chi connectivity index (χ0) is 15.4. The minimum atomic E-state index is -3.87. The van der Waals surface area contributed by atoms with Crippen molar-refractivity contribution in [2.45, 2.75) is 9.79 Å². The van der Waals surface area contributed by atoms with Crippen LogP contribution >= 0.6 is 0 Å². The maximum atomic E-state index is 12.2. The van der Waals surface area contributed by atoms with Crippen LogP contribution in [0.15, 0.2) is 34.1 Å².